The molecule has 0 aliphatic carbocycles. The molecule has 2 saturated heterocycles. The Balaban J connectivity index is 0.000000207. The third-order valence-electron chi connectivity index (χ3n) is 24.3. The summed E-state index contributed by atoms with van der Waals surface area (Å²) in [4.78, 5) is 0. The van der Waals surface area contributed by atoms with Gasteiger partial charge in [0, 0.05) is 171 Å². The number of phenolic OH excluding ortho intramolecular Hbond substituents is 5. The zero-order valence-electron chi connectivity index (χ0n) is 79.4. The van der Waals surface area contributed by atoms with Crippen LogP contribution in [-0.2, 0) is 184 Å². The van der Waals surface area contributed by atoms with Gasteiger partial charge in [-0.05, 0) is 189 Å². The van der Waals surface area contributed by atoms with Crippen LogP contribution in [0.4, 0.5) is 0 Å². The smallest absolute Gasteiger partial charge is 0.126 e. The lowest BCUT2D eigenvalue weighted by atomic mass is 9.68. The average Bonchev–Trinajstić information content (AvgIpc) is 0.868. The normalized spacial score (nSPS) is 13.6. The van der Waals surface area contributed by atoms with E-state index in [0.717, 1.165) is 98.8 Å². The molecule has 10 aromatic carbocycles. The molecule has 2 unspecified atom stereocenters. The van der Waals surface area contributed by atoms with Crippen molar-refractivity contribution in [3.63, 3.8) is 0 Å². The Labute approximate surface area is 776 Å². The molecule has 0 saturated carbocycles. The van der Waals surface area contributed by atoms with Crippen LogP contribution in [0.2, 0.25) is 0 Å². The van der Waals surface area contributed by atoms with Crippen LogP contribution in [0, 0.1) is 0 Å². The number of ether oxygens (including phenoxy) is 14. The Hall–Kier alpha value is -10.8. The van der Waals surface area contributed by atoms with Crippen molar-refractivity contribution in [2.75, 3.05) is 97.5 Å². The summed E-state index contributed by atoms with van der Waals surface area (Å²) in [5.41, 5.74) is 18.7. The largest absolute Gasteiger partial charge is 0.507 e. The van der Waals surface area contributed by atoms with Crippen molar-refractivity contribution in [3.8, 4) is 62.9 Å². The number of aliphatic hydroxyl groups excluding tert-OH is 4. The van der Waals surface area contributed by atoms with Crippen LogP contribution in [0.15, 0.2) is 171 Å². The van der Waals surface area contributed by atoms with E-state index in [0.29, 0.717) is 91.1 Å². The number of hydrogen-bond acceptors (Lipinski definition) is 25. The average molecular weight is 1820 g/mol. The van der Waals surface area contributed by atoms with E-state index in [9.17, 15) is 56.2 Å². The molecule has 2 aliphatic rings. The summed E-state index contributed by atoms with van der Waals surface area (Å²) in [5, 5.41) is 112. The van der Waals surface area contributed by atoms with E-state index in [1.807, 2.05) is 86.7 Å². The minimum Gasteiger partial charge on any atom is -0.507 e. The first-order chi connectivity index (χ1) is 63.2. The summed E-state index contributed by atoms with van der Waals surface area (Å²) in [6.07, 6.45) is 5.85. The summed E-state index contributed by atoms with van der Waals surface area (Å²) in [5.74, 6) is 2.35. The molecule has 0 radical (unpaired) electrons. The highest BCUT2D eigenvalue weighted by atomic mass is 16.6. The highest BCUT2D eigenvalue weighted by Crippen LogP contribution is 2.48. The SMILES string of the molecule is C=CCc1cc(C(C)(C)c2ccc(OCC3CO3)c(CC=C)c2)ccc1OCC1CO1.CC(C)(c1cc(CO)c(O)c(CO)c1)c1cc(CO)c(O)c(CO)c1.COCc1cc(-c2cc(COC)c(O)c(COC)c2)cc(COC)c1O.COCc1cc(C(C)(C)c2ccc(C(C)(c3cc(COC)c(O)c(COC)c3)c3cc(COC)c(O)c(COC)c3)cc2)cc(COC)c1O. The second kappa shape index (κ2) is 48.8. The van der Waals surface area contributed by atoms with Crippen molar-refractivity contribution in [2.45, 2.75) is 188 Å². The zero-order chi connectivity index (χ0) is 96.4. The fourth-order valence-corrected chi connectivity index (χ4v) is 16.2. The molecule has 132 heavy (non-hydrogen) atoms. The van der Waals surface area contributed by atoms with Crippen molar-refractivity contribution in [3.05, 3.63) is 310 Å². The summed E-state index contributed by atoms with van der Waals surface area (Å²) in [6.45, 7) is 26.4. The monoisotopic (exact) mass is 1820 g/mol. The molecule has 10 aromatic rings. The van der Waals surface area contributed by atoms with E-state index < -0.39 is 16.2 Å². The molecule has 712 valence electrons. The summed E-state index contributed by atoms with van der Waals surface area (Å²) in [6, 6.07) is 47.5. The van der Waals surface area contributed by atoms with Crippen LogP contribution < -0.4 is 9.47 Å². The Morgan fingerprint density at radius 2 is 0.470 bits per heavy atom. The van der Waals surface area contributed by atoms with Gasteiger partial charge in [0.2, 0.25) is 0 Å². The van der Waals surface area contributed by atoms with E-state index in [1.54, 1.807) is 95.4 Å². The molecular formula is C107H134O25. The van der Waals surface area contributed by atoms with Crippen molar-refractivity contribution < 1.29 is 122 Å². The zero-order valence-corrected chi connectivity index (χ0v) is 79.4. The molecule has 0 aromatic heterocycles. The van der Waals surface area contributed by atoms with Gasteiger partial charge in [0.05, 0.1) is 106 Å². The first-order valence-electron chi connectivity index (χ1n) is 43.6. The molecule has 25 nitrogen and oxygen atoms in total. The molecule has 0 amide bonds. The third kappa shape index (κ3) is 25.6. The molecule has 2 heterocycles. The van der Waals surface area contributed by atoms with Gasteiger partial charge in [0.1, 0.15) is 77.2 Å². The topological polar surface area (TPSA) is 358 Å². The Morgan fingerprint density at radius 3 is 0.705 bits per heavy atom. The number of epoxide rings is 2. The lowest BCUT2D eigenvalue weighted by molar-refractivity contribution is 0.174. The number of rotatable bonds is 44. The van der Waals surface area contributed by atoms with Gasteiger partial charge < -0.3 is 122 Å². The molecule has 2 atom stereocenters. The van der Waals surface area contributed by atoms with Gasteiger partial charge in [-0.15, -0.1) is 13.2 Å². The van der Waals surface area contributed by atoms with Crippen LogP contribution in [0.1, 0.15) is 188 Å². The lowest BCUT2D eigenvalue weighted by Gasteiger charge is -2.35. The molecule has 11 N–H and O–H groups in total. The fraction of sp³-hybridized carbons (Fsp3) is 0.402. The maximum Gasteiger partial charge on any atom is 0.126 e. The Morgan fingerprint density at radius 1 is 0.273 bits per heavy atom. The number of hydrogen-bond donors (Lipinski definition) is 11. The number of methoxy groups -OCH3 is 10. The first-order valence-corrected chi connectivity index (χ1v) is 43.6. The van der Waals surface area contributed by atoms with E-state index in [4.69, 9.17) is 66.3 Å². The third-order valence-corrected chi connectivity index (χ3v) is 24.3. The van der Waals surface area contributed by atoms with Crippen LogP contribution in [0.5, 0.6) is 51.7 Å². The van der Waals surface area contributed by atoms with Gasteiger partial charge in [-0.25, -0.2) is 0 Å². The number of aromatic hydroxyl groups is 7. The summed E-state index contributed by atoms with van der Waals surface area (Å²) >= 11 is 0. The maximum absolute atomic E-state index is 11.1. The molecule has 0 spiro atoms. The van der Waals surface area contributed by atoms with Crippen molar-refractivity contribution in [1.29, 1.82) is 0 Å². The molecule has 25 heteroatoms. The molecule has 2 aliphatic heterocycles. The van der Waals surface area contributed by atoms with Gasteiger partial charge >= 0.3 is 0 Å². The molecule has 2 fully saturated rings. The minimum atomic E-state index is -0.782. The number of aliphatic hydroxyl groups is 4. The van der Waals surface area contributed by atoms with Gasteiger partial charge in [0.25, 0.3) is 0 Å². The summed E-state index contributed by atoms with van der Waals surface area (Å²) in [7, 11) is 15.9. The maximum atomic E-state index is 11.1. The lowest BCUT2D eigenvalue weighted by Crippen LogP contribution is -2.27. The Bertz CT molecular complexity index is 5030. The van der Waals surface area contributed by atoms with Crippen LogP contribution in [0.3, 0.4) is 0 Å². The minimum absolute atomic E-state index is 0.136. The predicted octanol–water partition coefficient (Wildman–Crippen LogP) is 17.1. The quantitative estimate of drug-likeness (QED) is 0.00960. The summed E-state index contributed by atoms with van der Waals surface area (Å²) < 4.78 is 76.1. The fourth-order valence-electron chi connectivity index (χ4n) is 16.2. The van der Waals surface area contributed by atoms with Crippen LogP contribution in [0.25, 0.3) is 11.1 Å². The second-order valence-electron chi connectivity index (χ2n) is 34.7. The highest BCUT2D eigenvalue weighted by Gasteiger charge is 2.37. The van der Waals surface area contributed by atoms with Crippen molar-refractivity contribution in [1.82, 2.24) is 0 Å². The molecular weight excluding hydrogens is 1690 g/mol. The number of phenols is 7. The predicted molar refractivity (Wildman–Crippen MR) is 506 cm³/mol. The van der Waals surface area contributed by atoms with E-state index in [1.165, 1.54) is 11.1 Å². The molecule has 0 bridgehead atoms. The number of allylic oxidation sites excluding steroid dienone is 2. The van der Waals surface area contributed by atoms with Crippen LogP contribution >= 0.6 is 0 Å². The van der Waals surface area contributed by atoms with Gasteiger partial charge in [-0.2, -0.15) is 0 Å². The second-order valence-corrected chi connectivity index (χ2v) is 34.7. The Kier molecular flexibility index (Phi) is 38.8. The van der Waals surface area contributed by atoms with Gasteiger partial charge in [-0.3, -0.25) is 0 Å². The van der Waals surface area contributed by atoms with E-state index in [-0.39, 0.29) is 150 Å². The van der Waals surface area contributed by atoms with Crippen LogP contribution in [-0.4, -0.2) is 166 Å². The van der Waals surface area contributed by atoms with Gasteiger partial charge in [-0.1, -0.05) is 102 Å². The standard InChI is InChI=1S/C41H52O9.C27H32O4.C20H26O6.C19H24O6/c1-40(2,34-14-26(20-45-4)37(42)27(15-34)21-46-5)32-10-12-33(13-11-32)41(3,35-16-28(22-47-6)38(43)29(17-35)23-48-7)36-18-30(24-49-8)39(44)31(19-36)25-50-9;1-5-7-19-13-21(9-11-25(19)30-17-23-15-28-23)27(3,4)22-10-12-26(20(14-22)8-6-2)31-18-24-16-29-24;1-23-9-15-5-13(6-16(10-24-2)19(15)21)14-7-17(11-25-3)20(22)18(8-14)12-26-4;1-19(2,15-3-11(7-20)17(24)12(4-15)8-21)16-5-13(9-22)18(25)14(6-16)10-23/h10-19,42-44H,20-25H2,1-9H3;5-6,9-14,23-24H,1-2,7-8,15-18H2,3-4H3;5-8,21-22H,9-12H2,1-4H3;3-6,20-25H,7-10H2,1-2H3. The van der Waals surface area contributed by atoms with Crippen molar-refractivity contribution >= 4 is 0 Å². The first kappa shape index (κ1) is 105. The molecule has 12 rings (SSSR count). The number of benzene rings is 10. The van der Waals surface area contributed by atoms with Gasteiger partial charge in [0.15, 0.2) is 0 Å². The van der Waals surface area contributed by atoms with E-state index >= 15 is 0 Å². The highest BCUT2D eigenvalue weighted by molar-refractivity contribution is 5.71. The van der Waals surface area contributed by atoms with Crippen molar-refractivity contribution in [2.24, 2.45) is 0 Å². The van der Waals surface area contributed by atoms with E-state index in [2.05, 4.69) is 108 Å².